The van der Waals surface area contributed by atoms with Gasteiger partial charge in [0.1, 0.15) is 0 Å². The first-order chi connectivity index (χ1) is 8.71. The maximum absolute atomic E-state index is 12.4. The molecule has 7 heteroatoms. The molecule has 0 N–H and O–H groups in total. The van der Waals surface area contributed by atoms with E-state index in [1.54, 1.807) is 12.1 Å². The third-order valence-corrected chi connectivity index (χ3v) is 6.80. The molecule has 1 unspecified atom stereocenters. The van der Waals surface area contributed by atoms with Gasteiger partial charge in [0.05, 0.1) is 10.1 Å². The average Bonchev–Trinajstić information content (AvgIpc) is 2.78. The number of nitrogens with zero attached hydrogens (tertiary/aromatic N) is 1. The molecule has 0 aliphatic carbocycles. The Kier molecular flexibility index (Phi) is 3.72. The molecule has 0 spiro atoms. The zero-order valence-electron chi connectivity index (χ0n) is 10.9. The summed E-state index contributed by atoms with van der Waals surface area (Å²) in [5.74, 6) is 0. The summed E-state index contributed by atoms with van der Waals surface area (Å²) in [7, 11) is -6.78. The minimum atomic E-state index is -3.59. The number of rotatable bonds is 3. The van der Waals surface area contributed by atoms with E-state index in [0.717, 1.165) is 11.8 Å². The van der Waals surface area contributed by atoms with Crippen LogP contribution in [0.4, 0.5) is 0 Å². The van der Waals surface area contributed by atoms with E-state index in [-0.39, 0.29) is 18.0 Å². The van der Waals surface area contributed by atoms with E-state index in [0.29, 0.717) is 6.42 Å². The summed E-state index contributed by atoms with van der Waals surface area (Å²) in [6.45, 7) is 2.13. The van der Waals surface area contributed by atoms with Gasteiger partial charge in [-0.2, -0.15) is 4.31 Å². The lowest BCUT2D eigenvalue weighted by Crippen LogP contribution is -2.31. The molecule has 0 amide bonds. The number of aryl methyl sites for hydroxylation is 1. The number of benzene rings is 1. The second-order valence-electron chi connectivity index (χ2n) is 4.92. The molecule has 1 atom stereocenters. The smallest absolute Gasteiger partial charge is 0.229 e. The lowest BCUT2D eigenvalue weighted by molar-refractivity contribution is 0.476. The largest absolute Gasteiger partial charge is 0.243 e. The summed E-state index contributed by atoms with van der Waals surface area (Å²) in [5.41, 5.74) is 0.861. The maximum atomic E-state index is 12.4. The Labute approximate surface area is 114 Å². The molecular weight excluding hydrogens is 286 g/mol. The second kappa shape index (κ2) is 4.88. The molecule has 0 aromatic heterocycles. The van der Waals surface area contributed by atoms with Gasteiger partial charge in [0.2, 0.25) is 10.0 Å². The van der Waals surface area contributed by atoms with Crippen molar-refractivity contribution in [3.63, 3.8) is 0 Å². The van der Waals surface area contributed by atoms with Crippen molar-refractivity contribution in [3.8, 4) is 0 Å². The third kappa shape index (κ3) is 2.98. The van der Waals surface area contributed by atoms with E-state index >= 15 is 0 Å². The standard InChI is InChI=1S/C12H17NO4S2/c1-10-4-3-5-11(8-10)19(16,17)13-7-6-12(9-13)18(2,14)15/h3-5,8,12H,6-7,9H2,1-2H3. The predicted octanol–water partition coefficient (Wildman–Crippen LogP) is 0.803. The molecule has 1 aliphatic heterocycles. The van der Waals surface area contributed by atoms with Crippen molar-refractivity contribution in [3.05, 3.63) is 29.8 Å². The van der Waals surface area contributed by atoms with Gasteiger partial charge in [-0.1, -0.05) is 12.1 Å². The quantitative estimate of drug-likeness (QED) is 0.828. The van der Waals surface area contributed by atoms with Crippen molar-refractivity contribution in [2.75, 3.05) is 19.3 Å². The van der Waals surface area contributed by atoms with Crippen molar-refractivity contribution in [2.45, 2.75) is 23.5 Å². The van der Waals surface area contributed by atoms with Gasteiger partial charge in [0.15, 0.2) is 9.84 Å². The van der Waals surface area contributed by atoms with E-state index in [1.165, 1.54) is 10.4 Å². The van der Waals surface area contributed by atoms with Gasteiger partial charge in [-0.05, 0) is 31.0 Å². The zero-order chi connectivity index (χ0) is 14.3. The Balaban J connectivity index is 2.28. The highest BCUT2D eigenvalue weighted by Crippen LogP contribution is 2.24. The average molecular weight is 303 g/mol. The monoisotopic (exact) mass is 303 g/mol. The number of sulfone groups is 1. The molecule has 1 aliphatic rings. The zero-order valence-corrected chi connectivity index (χ0v) is 12.5. The molecule has 1 heterocycles. The van der Waals surface area contributed by atoms with E-state index < -0.39 is 25.1 Å². The van der Waals surface area contributed by atoms with Crippen molar-refractivity contribution in [2.24, 2.45) is 0 Å². The first-order valence-electron chi connectivity index (χ1n) is 5.97. The topological polar surface area (TPSA) is 71.5 Å². The molecule has 106 valence electrons. The predicted molar refractivity (Wildman–Crippen MR) is 73.2 cm³/mol. The number of hydrogen-bond donors (Lipinski definition) is 0. The highest BCUT2D eigenvalue weighted by atomic mass is 32.2. The number of sulfonamides is 1. The van der Waals surface area contributed by atoms with Crippen LogP contribution in [0.1, 0.15) is 12.0 Å². The van der Waals surface area contributed by atoms with Crippen LogP contribution >= 0.6 is 0 Å². The Hall–Kier alpha value is -0.920. The van der Waals surface area contributed by atoms with Gasteiger partial charge < -0.3 is 0 Å². The van der Waals surface area contributed by atoms with Crippen LogP contribution in [0.25, 0.3) is 0 Å². The van der Waals surface area contributed by atoms with Crippen LogP contribution in [0, 0.1) is 6.92 Å². The molecule has 0 radical (unpaired) electrons. The van der Waals surface area contributed by atoms with Crippen molar-refractivity contribution < 1.29 is 16.8 Å². The summed E-state index contributed by atoms with van der Waals surface area (Å²) in [6, 6.07) is 6.65. The first-order valence-corrected chi connectivity index (χ1v) is 9.36. The van der Waals surface area contributed by atoms with Crippen LogP contribution in [0.15, 0.2) is 29.2 Å². The molecule has 5 nitrogen and oxygen atoms in total. The molecule has 2 rings (SSSR count). The van der Waals surface area contributed by atoms with Crippen LogP contribution < -0.4 is 0 Å². The Morgan fingerprint density at radius 3 is 2.42 bits per heavy atom. The van der Waals surface area contributed by atoms with E-state index in [2.05, 4.69) is 0 Å². The summed E-state index contributed by atoms with van der Waals surface area (Å²) in [5, 5.41) is -0.591. The van der Waals surface area contributed by atoms with E-state index in [4.69, 9.17) is 0 Å². The SMILES string of the molecule is Cc1cccc(S(=O)(=O)N2CCC(S(C)(=O)=O)C2)c1. The van der Waals surface area contributed by atoms with Gasteiger partial charge >= 0.3 is 0 Å². The van der Waals surface area contributed by atoms with Crippen LogP contribution in [-0.4, -0.2) is 45.7 Å². The van der Waals surface area contributed by atoms with Crippen LogP contribution in [0.5, 0.6) is 0 Å². The van der Waals surface area contributed by atoms with Gasteiger partial charge in [0.25, 0.3) is 0 Å². The summed E-state index contributed by atoms with van der Waals surface area (Å²) in [6.07, 6.45) is 1.52. The normalized spacial score (nSPS) is 21.7. The Morgan fingerprint density at radius 2 is 1.89 bits per heavy atom. The van der Waals surface area contributed by atoms with Crippen molar-refractivity contribution in [1.29, 1.82) is 0 Å². The highest BCUT2D eigenvalue weighted by Gasteiger charge is 2.36. The maximum Gasteiger partial charge on any atom is 0.243 e. The Bertz CT molecular complexity index is 679. The van der Waals surface area contributed by atoms with Crippen LogP contribution in [0.3, 0.4) is 0 Å². The van der Waals surface area contributed by atoms with Gasteiger partial charge in [0, 0.05) is 19.3 Å². The van der Waals surface area contributed by atoms with Crippen LogP contribution in [-0.2, 0) is 19.9 Å². The van der Waals surface area contributed by atoms with E-state index in [9.17, 15) is 16.8 Å². The minimum absolute atomic E-state index is 0.0507. The van der Waals surface area contributed by atoms with Gasteiger partial charge in [-0.25, -0.2) is 16.8 Å². The Morgan fingerprint density at radius 1 is 1.21 bits per heavy atom. The molecule has 1 aromatic rings. The third-order valence-electron chi connectivity index (χ3n) is 3.34. The minimum Gasteiger partial charge on any atom is -0.229 e. The lowest BCUT2D eigenvalue weighted by Gasteiger charge is -2.16. The lowest BCUT2D eigenvalue weighted by atomic mass is 10.2. The molecular formula is C12H17NO4S2. The number of hydrogen-bond acceptors (Lipinski definition) is 4. The summed E-state index contributed by atoms with van der Waals surface area (Å²) in [4.78, 5) is 0.224. The second-order valence-corrected chi connectivity index (χ2v) is 9.18. The summed E-state index contributed by atoms with van der Waals surface area (Å²) < 4.78 is 49.0. The molecule has 0 saturated carbocycles. The summed E-state index contributed by atoms with van der Waals surface area (Å²) >= 11 is 0. The molecule has 19 heavy (non-hydrogen) atoms. The fourth-order valence-electron chi connectivity index (χ4n) is 2.19. The molecule has 1 saturated heterocycles. The van der Waals surface area contributed by atoms with Crippen LogP contribution in [0.2, 0.25) is 0 Å². The fraction of sp³-hybridized carbons (Fsp3) is 0.500. The first kappa shape index (κ1) is 14.5. The van der Waals surface area contributed by atoms with E-state index in [1.807, 2.05) is 13.0 Å². The highest BCUT2D eigenvalue weighted by molar-refractivity contribution is 7.91. The van der Waals surface area contributed by atoms with Gasteiger partial charge in [-0.3, -0.25) is 0 Å². The van der Waals surface area contributed by atoms with Crippen molar-refractivity contribution >= 4 is 19.9 Å². The molecule has 1 fully saturated rings. The molecule has 0 bridgehead atoms. The van der Waals surface area contributed by atoms with Gasteiger partial charge in [-0.15, -0.1) is 0 Å². The molecule has 1 aromatic carbocycles. The van der Waals surface area contributed by atoms with Crippen molar-refractivity contribution in [1.82, 2.24) is 4.31 Å². The fourth-order valence-corrected chi connectivity index (χ4v) is 4.87.